The van der Waals surface area contributed by atoms with Gasteiger partial charge in [-0.25, -0.2) is 0 Å². The fraction of sp³-hybridized carbons (Fsp3) is 0.211. The van der Waals surface area contributed by atoms with Crippen LogP contribution in [0.3, 0.4) is 0 Å². The fourth-order valence-electron chi connectivity index (χ4n) is 2.47. The number of benzene rings is 1. The number of anilines is 1. The normalized spacial score (nSPS) is 10.7. The second-order valence-electron chi connectivity index (χ2n) is 5.71. The van der Waals surface area contributed by atoms with E-state index in [1.807, 2.05) is 47.9 Å². The number of thioether (sulfide) groups is 1. The van der Waals surface area contributed by atoms with E-state index in [1.54, 1.807) is 11.3 Å². The largest absolute Gasteiger partial charge is 0.325 e. The Morgan fingerprint density at radius 1 is 1.31 bits per heavy atom. The van der Waals surface area contributed by atoms with E-state index in [0.29, 0.717) is 6.54 Å². The Bertz CT molecular complexity index is 887. The van der Waals surface area contributed by atoms with Gasteiger partial charge in [-0.15, -0.1) is 28.1 Å². The van der Waals surface area contributed by atoms with Crippen molar-refractivity contribution in [3.63, 3.8) is 0 Å². The maximum atomic E-state index is 12.3. The predicted octanol–water partition coefficient (Wildman–Crippen LogP) is 4.16. The number of carbonyl (C=O) groups excluding carboxylic acids is 1. The highest BCUT2D eigenvalue weighted by atomic mass is 32.2. The molecular formula is C19H20N4OS2. The number of nitrogens with zero attached hydrogens (tertiary/aromatic N) is 3. The van der Waals surface area contributed by atoms with Crippen LogP contribution in [0.15, 0.2) is 59.6 Å². The van der Waals surface area contributed by atoms with E-state index in [2.05, 4.69) is 33.5 Å². The van der Waals surface area contributed by atoms with Gasteiger partial charge in [0.15, 0.2) is 5.16 Å². The Balaban J connectivity index is 1.65. The lowest BCUT2D eigenvalue weighted by Crippen LogP contribution is -2.15. The lowest BCUT2D eigenvalue weighted by Gasteiger charge is -2.09. The van der Waals surface area contributed by atoms with Gasteiger partial charge in [0.1, 0.15) is 5.82 Å². The van der Waals surface area contributed by atoms with Crippen LogP contribution in [0, 0.1) is 6.92 Å². The van der Waals surface area contributed by atoms with Crippen molar-refractivity contribution in [1.29, 1.82) is 0 Å². The van der Waals surface area contributed by atoms with Crippen molar-refractivity contribution < 1.29 is 4.79 Å². The van der Waals surface area contributed by atoms with Crippen LogP contribution in [0.1, 0.15) is 16.3 Å². The SMILES string of the molecule is C=CCn1c(Cc2cccs2)nnc1SCC(=O)Nc1ccccc1C. The summed E-state index contributed by atoms with van der Waals surface area (Å²) < 4.78 is 2.01. The summed E-state index contributed by atoms with van der Waals surface area (Å²) in [4.78, 5) is 13.5. The Labute approximate surface area is 161 Å². The van der Waals surface area contributed by atoms with Crippen molar-refractivity contribution in [1.82, 2.24) is 14.8 Å². The first-order valence-electron chi connectivity index (χ1n) is 8.21. The summed E-state index contributed by atoms with van der Waals surface area (Å²) in [5.41, 5.74) is 1.88. The maximum absolute atomic E-state index is 12.3. The molecule has 134 valence electrons. The summed E-state index contributed by atoms with van der Waals surface area (Å²) in [6.45, 7) is 6.41. The number of carbonyl (C=O) groups is 1. The van der Waals surface area contributed by atoms with Crippen LogP contribution in [0.4, 0.5) is 5.69 Å². The summed E-state index contributed by atoms with van der Waals surface area (Å²) in [5, 5.41) is 14.3. The number of allylic oxidation sites excluding steroid dienone is 1. The molecule has 2 heterocycles. The maximum Gasteiger partial charge on any atom is 0.234 e. The minimum atomic E-state index is -0.0581. The first kappa shape index (κ1) is 18.4. The number of hydrogen-bond donors (Lipinski definition) is 1. The average molecular weight is 385 g/mol. The molecule has 0 aliphatic heterocycles. The zero-order chi connectivity index (χ0) is 18.4. The van der Waals surface area contributed by atoms with Crippen molar-refractivity contribution in [2.45, 2.75) is 25.0 Å². The molecule has 26 heavy (non-hydrogen) atoms. The summed E-state index contributed by atoms with van der Waals surface area (Å²) in [7, 11) is 0. The van der Waals surface area contributed by atoms with Crippen LogP contribution < -0.4 is 5.32 Å². The quantitative estimate of drug-likeness (QED) is 0.468. The highest BCUT2D eigenvalue weighted by Gasteiger charge is 2.14. The molecule has 3 aromatic rings. The molecule has 1 N–H and O–H groups in total. The molecule has 0 atom stereocenters. The number of aromatic nitrogens is 3. The minimum Gasteiger partial charge on any atom is -0.325 e. The first-order chi connectivity index (χ1) is 12.7. The number of aryl methyl sites for hydroxylation is 1. The predicted molar refractivity (Wildman–Crippen MR) is 108 cm³/mol. The molecule has 0 unspecified atom stereocenters. The Morgan fingerprint density at radius 2 is 2.15 bits per heavy atom. The molecule has 0 aliphatic rings. The lowest BCUT2D eigenvalue weighted by atomic mass is 10.2. The van der Waals surface area contributed by atoms with Crippen LogP contribution in [-0.4, -0.2) is 26.4 Å². The van der Waals surface area contributed by atoms with Crippen LogP contribution in [0.25, 0.3) is 0 Å². The van der Waals surface area contributed by atoms with Gasteiger partial charge in [-0.05, 0) is 30.0 Å². The van der Waals surface area contributed by atoms with E-state index in [0.717, 1.165) is 28.7 Å². The molecule has 0 radical (unpaired) electrons. The zero-order valence-corrected chi connectivity index (χ0v) is 16.1. The number of thiophene rings is 1. The molecule has 5 nitrogen and oxygen atoms in total. The fourth-order valence-corrected chi connectivity index (χ4v) is 3.94. The molecule has 0 fully saturated rings. The van der Waals surface area contributed by atoms with Crippen molar-refractivity contribution in [3.05, 3.63) is 70.7 Å². The molecule has 7 heteroatoms. The average Bonchev–Trinajstić information content (AvgIpc) is 3.27. The Kier molecular flexibility index (Phi) is 6.25. The highest BCUT2D eigenvalue weighted by Crippen LogP contribution is 2.21. The second kappa shape index (κ2) is 8.82. The Morgan fingerprint density at radius 3 is 2.88 bits per heavy atom. The molecule has 3 rings (SSSR count). The van der Waals surface area contributed by atoms with Gasteiger partial charge >= 0.3 is 0 Å². The van der Waals surface area contributed by atoms with Gasteiger partial charge < -0.3 is 9.88 Å². The molecule has 0 spiro atoms. The number of rotatable bonds is 8. The van der Waals surface area contributed by atoms with Gasteiger partial charge in [0.25, 0.3) is 0 Å². The summed E-state index contributed by atoms with van der Waals surface area (Å²) in [6.07, 6.45) is 2.55. The van der Waals surface area contributed by atoms with E-state index in [1.165, 1.54) is 16.6 Å². The number of nitrogens with one attached hydrogen (secondary N) is 1. The molecule has 1 amide bonds. The van der Waals surface area contributed by atoms with Crippen LogP contribution in [0.2, 0.25) is 0 Å². The van der Waals surface area contributed by atoms with E-state index in [4.69, 9.17) is 0 Å². The van der Waals surface area contributed by atoms with Crippen molar-refractivity contribution in [2.75, 3.05) is 11.1 Å². The first-order valence-corrected chi connectivity index (χ1v) is 10.1. The van der Waals surface area contributed by atoms with Crippen molar-refractivity contribution in [2.24, 2.45) is 0 Å². The zero-order valence-electron chi connectivity index (χ0n) is 14.5. The van der Waals surface area contributed by atoms with Crippen LogP contribution in [0.5, 0.6) is 0 Å². The molecule has 1 aromatic carbocycles. The molecule has 0 aliphatic carbocycles. The third kappa shape index (κ3) is 4.62. The molecule has 2 aromatic heterocycles. The standard InChI is InChI=1S/C19H20N4OS2/c1-3-10-23-17(12-15-8-6-11-25-15)21-22-19(23)26-13-18(24)20-16-9-5-4-7-14(16)2/h3-9,11H,1,10,12-13H2,2H3,(H,20,24). The summed E-state index contributed by atoms with van der Waals surface area (Å²) in [6, 6.07) is 11.8. The topological polar surface area (TPSA) is 59.8 Å². The minimum absolute atomic E-state index is 0.0581. The van der Waals surface area contributed by atoms with Gasteiger partial charge in [0, 0.05) is 23.5 Å². The number of amides is 1. The number of para-hydroxylation sites is 1. The lowest BCUT2D eigenvalue weighted by molar-refractivity contribution is -0.113. The van der Waals surface area contributed by atoms with Crippen LogP contribution >= 0.6 is 23.1 Å². The monoisotopic (exact) mass is 384 g/mol. The van der Waals surface area contributed by atoms with Crippen molar-refractivity contribution >= 4 is 34.7 Å². The van der Waals surface area contributed by atoms with Crippen molar-refractivity contribution in [3.8, 4) is 0 Å². The second-order valence-corrected chi connectivity index (χ2v) is 7.68. The van der Waals surface area contributed by atoms with E-state index in [9.17, 15) is 4.79 Å². The van der Waals surface area contributed by atoms with Gasteiger partial charge in [0.2, 0.25) is 5.91 Å². The number of hydrogen-bond acceptors (Lipinski definition) is 5. The molecular weight excluding hydrogens is 364 g/mol. The molecule has 0 bridgehead atoms. The summed E-state index contributed by atoms with van der Waals surface area (Å²) >= 11 is 3.08. The van der Waals surface area contributed by atoms with E-state index >= 15 is 0 Å². The van der Waals surface area contributed by atoms with Gasteiger partial charge in [-0.2, -0.15) is 0 Å². The third-order valence-corrected chi connectivity index (χ3v) is 5.61. The molecule has 0 saturated carbocycles. The van der Waals surface area contributed by atoms with E-state index < -0.39 is 0 Å². The highest BCUT2D eigenvalue weighted by molar-refractivity contribution is 7.99. The van der Waals surface area contributed by atoms with Gasteiger partial charge in [0.05, 0.1) is 5.75 Å². The van der Waals surface area contributed by atoms with E-state index in [-0.39, 0.29) is 11.7 Å². The Hall–Kier alpha value is -2.38. The van der Waals surface area contributed by atoms with Gasteiger partial charge in [-0.1, -0.05) is 42.1 Å². The summed E-state index contributed by atoms with van der Waals surface area (Å²) in [5.74, 6) is 1.11. The molecule has 0 saturated heterocycles. The third-order valence-electron chi connectivity index (χ3n) is 3.77. The van der Waals surface area contributed by atoms with Crippen LogP contribution in [-0.2, 0) is 17.8 Å². The smallest absolute Gasteiger partial charge is 0.234 e. The van der Waals surface area contributed by atoms with Gasteiger partial charge in [-0.3, -0.25) is 4.79 Å².